The maximum absolute atomic E-state index is 11.1. The number of nitro benzene ring substituents is 1. The average molecular weight is 306 g/mol. The lowest BCUT2D eigenvalue weighted by molar-refractivity contribution is -0.384. The molecule has 2 aromatic carbocycles. The van der Waals surface area contributed by atoms with E-state index in [0.717, 1.165) is 21.2 Å². The van der Waals surface area contributed by atoms with Crippen molar-refractivity contribution >= 4 is 21.6 Å². The smallest absolute Gasteiger partial charge is 0.258 e. The van der Waals surface area contributed by atoms with E-state index in [4.69, 9.17) is 0 Å². The first-order valence-corrected chi connectivity index (χ1v) is 6.30. The maximum Gasteiger partial charge on any atom is 0.277 e. The summed E-state index contributed by atoms with van der Waals surface area (Å²) in [6, 6.07) is 10.8. The van der Waals surface area contributed by atoms with Crippen LogP contribution in [-0.4, -0.2) is 4.92 Å². The van der Waals surface area contributed by atoms with E-state index in [-0.39, 0.29) is 10.6 Å². The highest BCUT2D eigenvalue weighted by Crippen LogP contribution is 2.34. The van der Waals surface area contributed by atoms with Gasteiger partial charge in [-0.2, -0.15) is 0 Å². The van der Waals surface area contributed by atoms with Crippen LogP contribution >= 0.6 is 15.9 Å². The standard InChI is InChI=1S/C14H12BrNO2/c1-9-8-13(15)10(2)7-12(9)11-5-3-4-6-14(11)16(17)18/h3-8H,1-2H3. The van der Waals surface area contributed by atoms with Crippen molar-refractivity contribution < 1.29 is 4.92 Å². The van der Waals surface area contributed by atoms with Gasteiger partial charge in [0.2, 0.25) is 0 Å². The monoisotopic (exact) mass is 305 g/mol. The van der Waals surface area contributed by atoms with Gasteiger partial charge in [-0.05, 0) is 48.7 Å². The van der Waals surface area contributed by atoms with Gasteiger partial charge in [0.25, 0.3) is 5.69 Å². The molecule has 0 saturated carbocycles. The summed E-state index contributed by atoms with van der Waals surface area (Å²) in [5, 5.41) is 11.1. The molecular formula is C14H12BrNO2. The van der Waals surface area contributed by atoms with Crippen LogP contribution in [0.4, 0.5) is 5.69 Å². The third-order valence-corrected chi connectivity index (χ3v) is 3.75. The average Bonchev–Trinajstić information content (AvgIpc) is 2.34. The highest BCUT2D eigenvalue weighted by atomic mass is 79.9. The summed E-state index contributed by atoms with van der Waals surface area (Å²) < 4.78 is 1.02. The van der Waals surface area contributed by atoms with E-state index in [0.29, 0.717) is 5.56 Å². The van der Waals surface area contributed by atoms with Gasteiger partial charge in [0.15, 0.2) is 0 Å². The van der Waals surface area contributed by atoms with E-state index in [9.17, 15) is 10.1 Å². The molecule has 18 heavy (non-hydrogen) atoms. The molecule has 3 nitrogen and oxygen atoms in total. The molecule has 0 amide bonds. The van der Waals surface area contributed by atoms with E-state index < -0.39 is 0 Å². The lowest BCUT2D eigenvalue weighted by Gasteiger charge is -2.09. The quantitative estimate of drug-likeness (QED) is 0.599. The summed E-state index contributed by atoms with van der Waals surface area (Å²) >= 11 is 3.47. The molecule has 0 aliphatic rings. The van der Waals surface area contributed by atoms with Crippen molar-refractivity contribution in [3.05, 3.63) is 62.1 Å². The van der Waals surface area contributed by atoms with Crippen LogP contribution in [0.3, 0.4) is 0 Å². The minimum Gasteiger partial charge on any atom is -0.258 e. The number of hydrogen-bond donors (Lipinski definition) is 0. The van der Waals surface area contributed by atoms with Crippen LogP contribution in [0.1, 0.15) is 11.1 Å². The molecule has 0 aromatic heterocycles. The summed E-state index contributed by atoms with van der Waals surface area (Å²) in [5.41, 5.74) is 3.79. The largest absolute Gasteiger partial charge is 0.277 e. The molecule has 0 N–H and O–H groups in total. The van der Waals surface area contributed by atoms with Gasteiger partial charge in [0, 0.05) is 10.5 Å². The summed E-state index contributed by atoms with van der Waals surface area (Å²) in [6.07, 6.45) is 0. The minimum atomic E-state index is -0.341. The van der Waals surface area contributed by atoms with Crippen LogP contribution in [0.5, 0.6) is 0 Å². The number of halogens is 1. The number of para-hydroxylation sites is 1. The van der Waals surface area contributed by atoms with Crippen LogP contribution in [0.25, 0.3) is 11.1 Å². The van der Waals surface area contributed by atoms with Crippen LogP contribution in [0.2, 0.25) is 0 Å². The Labute approximate surface area is 114 Å². The fraction of sp³-hybridized carbons (Fsp3) is 0.143. The van der Waals surface area contributed by atoms with Crippen molar-refractivity contribution in [2.24, 2.45) is 0 Å². The molecule has 0 radical (unpaired) electrons. The van der Waals surface area contributed by atoms with Crippen molar-refractivity contribution in [1.82, 2.24) is 0 Å². The zero-order chi connectivity index (χ0) is 13.3. The van der Waals surface area contributed by atoms with E-state index in [2.05, 4.69) is 15.9 Å². The van der Waals surface area contributed by atoms with Crippen LogP contribution < -0.4 is 0 Å². The topological polar surface area (TPSA) is 43.1 Å². The Bertz CT molecular complexity index is 623. The van der Waals surface area contributed by atoms with Gasteiger partial charge in [-0.15, -0.1) is 0 Å². The van der Waals surface area contributed by atoms with Gasteiger partial charge in [-0.1, -0.05) is 28.1 Å². The van der Waals surface area contributed by atoms with Crippen LogP contribution in [0.15, 0.2) is 40.9 Å². The molecule has 4 heteroatoms. The summed E-state index contributed by atoms with van der Waals surface area (Å²) in [5.74, 6) is 0. The predicted molar refractivity (Wildman–Crippen MR) is 75.7 cm³/mol. The second kappa shape index (κ2) is 4.90. The highest BCUT2D eigenvalue weighted by molar-refractivity contribution is 9.10. The van der Waals surface area contributed by atoms with Crippen molar-refractivity contribution in [1.29, 1.82) is 0 Å². The normalized spacial score (nSPS) is 10.4. The Hall–Kier alpha value is -1.68. The van der Waals surface area contributed by atoms with Crippen molar-refractivity contribution in [2.75, 3.05) is 0 Å². The van der Waals surface area contributed by atoms with E-state index in [1.165, 1.54) is 6.07 Å². The molecule has 0 heterocycles. The summed E-state index contributed by atoms with van der Waals surface area (Å²) in [6.45, 7) is 3.93. The van der Waals surface area contributed by atoms with E-state index in [1.807, 2.05) is 32.0 Å². The molecule has 0 aliphatic heterocycles. The van der Waals surface area contributed by atoms with Gasteiger partial charge >= 0.3 is 0 Å². The zero-order valence-electron chi connectivity index (χ0n) is 10.1. The Morgan fingerprint density at radius 2 is 1.72 bits per heavy atom. The van der Waals surface area contributed by atoms with Crippen molar-refractivity contribution in [3.8, 4) is 11.1 Å². The molecule has 92 valence electrons. The lowest BCUT2D eigenvalue weighted by Crippen LogP contribution is -1.94. The molecule has 0 unspecified atom stereocenters. The third kappa shape index (κ3) is 2.29. The minimum absolute atomic E-state index is 0.141. The maximum atomic E-state index is 11.1. The van der Waals surface area contributed by atoms with Gasteiger partial charge < -0.3 is 0 Å². The number of hydrogen-bond acceptors (Lipinski definition) is 2. The molecule has 2 rings (SSSR count). The Morgan fingerprint density at radius 3 is 2.39 bits per heavy atom. The van der Waals surface area contributed by atoms with E-state index >= 15 is 0 Å². The van der Waals surface area contributed by atoms with Gasteiger partial charge in [0.1, 0.15) is 0 Å². The number of nitro groups is 1. The fourth-order valence-corrected chi connectivity index (χ4v) is 2.39. The summed E-state index contributed by atoms with van der Waals surface area (Å²) in [7, 11) is 0. The fourth-order valence-electron chi connectivity index (χ4n) is 1.93. The Balaban J connectivity index is 2.69. The SMILES string of the molecule is Cc1cc(-c2ccccc2[N+](=O)[O-])c(C)cc1Br. The molecule has 0 aliphatic carbocycles. The highest BCUT2D eigenvalue weighted by Gasteiger charge is 2.16. The number of benzene rings is 2. The predicted octanol–water partition coefficient (Wildman–Crippen LogP) is 4.64. The number of rotatable bonds is 2. The van der Waals surface area contributed by atoms with Crippen LogP contribution in [-0.2, 0) is 0 Å². The second-order valence-electron chi connectivity index (χ2n) is 4.19. The number of nitrogens with zero attached hydrogens (tertiary/aromatic N) is 1. The molecule has 0 saturated heterocycles. The van der Waals surface area contributed by atoms with Gasteiger partial charge in [0.05, 0.1) is 10.5 Å². The molecule has 2 aromatic rings. The number of aryl methyl sites for hydroxylation is 2. The lowest BCUT2D eigenvalue weighted by atomic mass is 9.97. The second-order valence-corrected chi connectivity index (χ2v) is 5.04. The molecule has 0 fully saturated rings. The summed E-state index contributed by atoms with van der Waals surface area (Å²) in [4.78, 5) is 10.7. The van der Waals surface area contributed by atoms with Crippen molar-refractivity contribution in [2.45, 2.75) is 13.8 Å². The molecule has 0 bridgehead atoms. The van der Waals surface area contributed by atoms with Gasteiger partial charge in [-0.25, -0.2) is 0 Å². The zero-order valence-corrected chi connectivity index (χ0v) is 11.7. The Morgan fingerprint density at radius 1 is 1.06 bits per heavy atom. The first kappa shape index (κ1) is 12.8. The third-order valence-electron chi connectivity index (χ3n) is 2.90. The molecule has 0 atom stereocenters. The first-order chi connectivity index (χ1) is 8.50. The molecule has 0 spiro atoms. The molecular weight excluding hydrogens is 294 g/mol. The van der Waals surface area contributed by atoms with E-state index in [1.54, 1.807) is 12.1 Å². The Kier molecular flexibility index (Phi) is 3.48. The first-order valence-electron chi connectivity index (χ1n) is 5.51. The van der Waals surface area contributed by atoms with Crippen LogP contribution in [0, 0.1) is 24.0 Å². The van der Waals surface area contributed by atoms with Crippen molar-refractivity contribution in [3.63, 3.8) is 0 Å². The van der Waals surface area contributed by atoms with Gasteiger partial charge in [-0.3, -0.25) is 10.1 Å².